The Bertz CT molecular complexity index is 655. The molecular weight excluding hydrogens is 424 g/mol. The van der Waals surface area contributed by atoms with Crippen LogP contribution in [0.3, 0.4) is 0 Å². The molecule has 0 aliphatic heterocycles. The van der Waals surface area contributed by atoms with Crippen LogP contribution in [0, 0.1) is 5.92 Å². The maximum atomic E-state index is 12.6. The number of unbranched alkanes of at least 4 members (excludes halogenated alkanes) is 12. The van der Waals surface area contributed by atoms with Gasteiger partial charge in [-0.05, 0) is 30.9 Å². The molecule has 34 heavy (non-hydrogen) atoms. The van der Waals surface area contributed by atoms with Crippen molar-refractivity contribution in [1.29, 1.82) is 0 Å². The minimum atomic E-state index is -0.437. The van der Waals surface area contributed by atoms with Crippen molar-refractivity contribution in [3.8, 4) is 0 Å². The summed E-state index contributed by atoms with van der Waals surface area (Å²) < 4.78 is 11.0. The monoisotopic (exact) mass is 474 g/mol. The van der Waals surface area contributed by atoms with Gasteiger partial charge in [0.15, 0.2) is 0 Å². The summed E-state index contributed by atoms with van der Waals surface area (Å²) in [6.07, 6.45) is 19.5. The Hall–Kier alpha value is -1.84. The van der Waals surface area contributed by atoms with E-state index < -0.39 is 11.9 Å². The zero-order chi connectivity index (χ0) is 24.9. The number of benzene rings is 1. The van der Waals surface area contributed by atoms with Crippen molar-refractivity contribution < 1.29 is 19.1 Å². The van der Waals surface area contributed by atoms with Crippen molar-refractivity contribution >= 4 is 11.9 Å². The number of carbonyl (C=O) groups is 2. The van der Waals surface area contributed by atoms with E-state index in [9.17, 15) is 9.59 Å². The van der Waals surface area contributed by atoms with Crippen molar-refractivity contribution in [2.45, 2.75) is 124 Å². The molecule has 0 fully saturated rings. The molecule has 1 aromatic carbocycles. The fourth-order valence-electron chi connectivity index (χ4n) is 4.19. The molecule has 0 heterocycles. The molecule has 0 bridgehead atoms. The van der Waals surface area contributed by atoms with Gasteiger partial charge in [-0.3, -0.25) is 0 Å². The van der Waals surface area contributed by atoms with E-state index in [1.165, 1.54) is 64.2 Å². The van der Waals surface area contributed by atoms with E-state index >= 15 is 0 Å². The van der Waals surface area contributed by atoms with Gasteiger partial charge in [-0.2, -0.15) is 0 Å². The fraction of sp³-hybridized carbons (Fsp3) is 0.733. The molecule has 0 N–H and O–H groups in total. The lowest BCUT2D eigenvalue weighted by Gasteiger charge is -2.15. The Morgan fingerprint density at radius 1 is 0.647 bits per heavy atom. The summed E-state index contributed by atoms with van der Waals surface area (Å²) in [7, 11) is 0. The van der Waals surface area contributed by atoms with Crippen LogP contribution in [-0.4, -0.2) is 25.2 Å². The molecule has 0 saturated heterocycles. The number of esters is 2. The lowest BCUT2D eigenvalue weighted by molar-refractivity contribution is 0.0404. The summed E-state index contributed by atoms with van der Waals surface area (Å²) in [4.78, 5) is 25.2. The van der Waals surface area contributed by atoms with Crippen molar-refractivity contribution in [2.24, 2.45) is 5.92 Å². The molecule has 0 aromatic heterocycles. The van der Waals surface area contributed by atoms with E-state index in [1.54, 1.807) is 24.3 Å². The van der Waals surface area contributed by atoms with E-state index in [0.29, 0.717) is 30.3 Å². The van der Waals surface area contributed by atoms with Crippen LogP contribution in [0.25, 0.3) is 0 Å². The average molecular weight is 475 g/mol. The third-order valence-corrected chi connectivity index (χ3v) is 6.59. The zero-order valence-electron chi connectivity index (χ0n) is 22.2. The van der Waals surface area contributed by atoms with E-state index in [4.69, 9.17) is 9.47 Å². The molecule has 1 atom stereocenters. The summed E-state index contributed by atoms with van der Waals surface area (Å²) in [5, 5.41) is 0. The maximum Gasteiger partial charge on any atom is 0.339 e. The van der Waals surface area contributed by atoms with Crippen molar-refractivity contribution in [2.75, 3.05) is 13.2 Å². The largest absolute Gasteiger partial charge is 0.462 e. The van der Waals surface area contributed by atoms with Gasteiger partial charge < -0.3 is 9.47 Å². The summed E-state index contributed by atoms with van der Waals surface area (Å²) >= 11 is 0. The van der Waals surface area contributed by atoms with E-state index in [0.717, 1.165) is 38.5 Å². The molecule has 0 radical (unpaired) electrons. The molecule has 0 amide bonds. The maximum absolute atomic E-state index is 12.6. The Kier molecular flexibility index (Phi) is 18.2. The van der Waals surface area contributed by atoms with Crippen molar-refractivity contribution in [3.05, 3.63) is 35.4 Å². The lowest BCUT2D eigenvalue weighted by Crippen LogP contribution is -2.17. The Morgan fingerprint density at radius 2 is 1.12 bits per heavy atom. The van der Waals surface area contributed by atoms with Crippen LogP contribution in [0.5, 0.6) is 0 Å². The predicted molar refractivity (Wildman–Crippen MR) is 141 cm³/mol. The summed E-state index contributed by atoms with van der Waals surface area (Å²) in [6.45, 7) is 7.34. The molecule has 194 valence electrons. The highest BCUT2D eigenvalue weighted by Gasteiger charge is 2.20. The van der Waals surface area contributed by atoms with Crippen LogP contribution in [-0.2, 0) is 9.47 Å². The number of hydrogen-bond acceptors (Lipinski definition) is 4. The van der Waals surface area contributed by atoms with Crippen LogP contribution in [0.2, 0.25) is 0 Å². The highest BCUT2D eigenvalue weighted by atomic mass is 16.5. The Labute approximate surface area is 209 Å². The van der Waals surface area contributed by atoms with Gasteiger partial charge in [0.25, 0.3) is 0 Å². The van der Waals surface area contributed by atoms with Crippen LogP contribution >= 0.6 is 0 Å². The number of carbonyl (C=O) groups excluding carboxylic acids is 2. The van der Waals surface area contributed by atoms with Crippen LogP contribution in [0.1, 0.15) is 144 Å². The van der Waals surface area contributed by atoms with Crippen molar-refractivity contribution in [3.63, 3.8) is 0 Å². The summed E-state index contributed by atoms with van der Waals surface area (Å²) in [5.74, 6) is -0.504. The quantitative estimate of drug-likeness (QED) is 0.132. The number of rotatable bonds is 21. The third kappa shape index (κ3) is 13.8. The first-order valence-corrected chi connectivity index (χ1v) is 14.1. The first-order chi connectivity index (χ1) is 16.6. The molecule has 4 heteroatoms. The minimum Gasteiger partial charge on any atom is -0.462 e. The molecule has 4 nitrogen and oxygen atoms in total. The van der Waals surface area contributed by atoms with Gasteiger partial charge in [-0.25, -0.2) is 9.59 Å². The van der Waals surface area contributed by atoms with Crippen LogP contribution < -0.4 is 0 Å². The molecule has 0 saturated carbocycles. The van der Waals surface area contributed by atoms with E-state index in [2.05, 4.69) is 20.8 Å². The van der Waals surface area contributed by atoms with Gasteiger partial charge >= 0.3 is 11.9 Å². The minimum absolute atomic E-state index is 0.299. The van der Waals surface area contributed by atoms with Gasteiger partial charge in [-0.15, -0.1) is 0 Å². The summed E-state index contributed by atoms with van der Waals surface area (Å²) in [5.41, 5.74) is 0.598. The molecule has 0 aliphatic rings. The number of hydrogen-bond donors (Lipinski definition) is 0. The lowest BCUT2D eigenvalue weighted by atomic mass is 10.0. The van der Waals surface area contributed by atoms with Crippen LogP contribution in [0.15, 0.2) is 24.3 Å². The Balaban J connectivity index is 2.25. The highest BCUT2D eigenvalue weighted by Crippen LogP contribution is 2.17. The first kappa shape index (κ1) is 30.2. The average Bonchev–Trinajstić information content (AvgIpc) is 2.86. The van der Waals surface area contributed by atoms with Gasteiger partial charge in [0.1, 0.15) is 0 Å². The van der Waals surface area contributed by atoms with Gasteiger partial charge in [-0.1, -0.05) is 123 Å². The molecule has 1 aromatic rings. The third-order valence-electron chi connectivity index (χ3n) is 6.59. The van der Waals surface area contributed by atoms with Crippen molar-refractivity contribution in [1.82, 2.24) is 0 Å². The van der Waals surface area contributed by atoms with E-state index in [-0.39, 0.29) is 0 Å². The second-order valence-electron chi connectivity index (χ2n) is 9.59. The zero-order valence-corrected chi connectivity index (χ0v) is 22.2. The topological polar surface area (TPSA) is 52.6 Å². The molecular formula is C30H50O4. The smallest absolute Gasteiger partial charge is 0.339 e. The molecule has 1 rings (SSSR count). The van der Waals surface area contributed by atoms with Gasteiger partial charge in [0, 0.05) is 0 Å². The summed E-state index contributed by atoms with van der Waals surface area (Å²) in [6, 6.07) is 6.81. The first-order valence-electron chi connectivity index (χ1n) is 14.1. The molecule has 1 unspecified atom stereocenters. The molecule has 0 spiro atoms. The number of ether oxygens (including phenoxy) is 2. The Morgan fingerprint density at radius 3 is 1.62 bits per heavy atom. The predicted octanol–water partition coefficient (Wildman–Crippen LogP) is 8.92. The second kappa shape index (κ2) is 20.5. The fourth-order valence-corrected chi connectivity index (χ4v) is 4.19. The van der Waals surface area contributed by atoms with Gasteiger partial charge in [0.2, 0.25) is 0 Å². The normalized spacial score (nSPS) is 11.9. The SMILES string of the molecule is CCCCCCCCCCCCCCOC(=O)c1ccccc1C(=O)OCC(CC)CCCC. The van der Waals surface area contributed by atoms with Crippen LogP contribution in [0.4, 0.5) is 0 Å². The van der Waals surface area contributed by atoms with Gasteiger partial charge in [0.05, 0.1) is 24.3 Å². The molecule has 0 aliphatic carbocycles. The highest BCUT2D eigenvalue weighted by molar-refractivity contribution is 6.03. The standard InChI is InChI=1S/C30H50O4/c1-4-7-9-10-11-12-13-14-15-16-17-20-24-33-29(31)27-22-18-19-23-28(27)30(32)34-25-26(6-3)21-8-5-2/h18-19,22-23,26H,4-17,20-21,24-25H2,1-3H3. The second-order valence-corrected chi connectivity index (χ2v) is 9.59. The van der Waals surface area contributed by atoms with E-state index in [1.807, 2.05) is 0 Å².